The zero-order valence-electron chi connectivity index (χ0n) is 18.6. The Kier molecular flexibility index (Phi) is 11.2. The molecule has 228 valence electrons. The molecule has 21 heteroatoms. The van der Waals surface area contributed by atoms with E-state index in [1.165, 1.54) is 4.74 Å². The lowest BCUT2D eigenvalue weighted by atomic mass is 10.1. The highest BCUT2D eigenvalue weighted by atomic mass is 19.4. The molecule has 0 aromatic carbocycles. The van der Waals surface area contributed by atoms with Crippen LogP contribution >= 0.6 is 0 Å². The molecule has 0 aliphatic rings. The lowest BCUT2D eigenvalue weighted by Crippen LogP contribution is -2.68. The molecular formula is C17H18F17NO3. The molecule has 0 bridgehead atoms. The molecule has 0 saturated carbocycles. The summed E-state index contributed by atoms with van der Waals surface area (Å²) in [5.41, 5.74) is 0. The van der Waals surface area contributed by atoms with Crippen molar-refractivity contribution in [3.05, 3.63) is 0 Å². The van der Waals surface area contributed by atoms with E-state index in [2.05, 4.69) is 0 Å². The first-order valence-electron chi connectivity index (χ1n) is 10.0. The van der Waals surface area contributed by atoms with E-state index in [0.29, 0.717) is 19.3 Å². The van der Waals surface area contributed by atoms with Gasteiger partial charge in [0.05, 0.1) is 0 Å². The van der Waals surface area contributed by atoms with Gasteiger partial charge in [0, 0.05) is 6.54 Å². The summed E-state index contributed by atoms with van der Waals surface area (Å²) in [5, 5.41) is 0.972. The fourth-order valence-electron chi connectivity index (χ4n) is 2.38. The number of nitrogens with one attached hydrogen (secondary N) is 1. The molecular weight excluding hydrogens is 589 g/mol. The number of rotatable bonds is 14. The summed E-state index contributed by atoms with van der Waals surface area (Å²) in [4.78, 5) is 11.6. The van der Waals surface area contributed by atoms with Crippen molar-refractivity contribution in [1.29, 1.82) is 0 Å². The van der Waals surface area contributed by atoms with Crippen LogP contribution in [0, 0.1) is 0 Å². The third kappa shape index (κ3) is 7.65. The minimum Gasteiger partial charge on any atom is -0.351 e. The minimum atomic E-state index is -8.01. The maximum Gasteiger partial charge on any atom is 0.462 e. The first-order valence-corrected chi connectivity index (χ1v) is 10.0. The highest BCUT2D eigenvalue weighted by Crippen LogP contribution is 2.56. The second-order valence-corrected chi connectivity index (χ2v) is 7.52. The fourth-order valence-corrected chi connectivity index (χ4v) is 2.38. The van der Waals surface area contributed by atoms with Gasteiger partial charge in [0.2, 0.25) is 0 Å². The maximum atomic E-state index is 14.3. The largest absolute Gasteiger partial charge is 0.462 e. The summed E-state index contributed by atoms with van der Waals surface area (Å²) < 4.78 is 225. The Labute approximate surface area is 201 Å². The number of halogens is 17. The van der Waals surface area contributed by atoms with Crippen LogP contribution in [-0.2, 0) is 14.3 Å². The van der Waals surface area contributed by atoms with Crippen LogP contribution in [-0.4, -0.2) is 60.8 Å². The Morgan fingerprint density at radius 1 is 0.579 bits per heavy atom. The van der Waals surface area contributed by atoms with Crippen LogP contribution in [0.5, 0.6) is 0 Å². The van der Waals surface area contributed by atoms with E-state index in [1.807, 2.05) is 4.74 Å². The third-order valence-corrected chi connectivity index (χ3v) is 4.47. The Morgan fingerprint density at radius 2 is 1.03 bits per heavy atom. The van der Waals surface area contributed by atoms with Gasteiger partial charge in [0.25, 0.3) is 5.91 Å². The SMILES string of the molecule is CCCCCCCCNC(=O)[C@@](F)(OC(F)(F)[C@@](F)(OC(F)(F)C(F)(F)C(F)(F)F)C(F)(F)F)C(F)(F)F. The number of carbonyl (C=O) groups excluding carboxylic acids is 1. The van der Waals surface area contributed by atoms with Gasteiger partial charge in [-0.3, -0.25) is 14.3 Å². The van der Waals surface area contributed by atoms with Crippen LogP contribution in [0.25, 0.3) is 0 Å². The standard InChI is InChI=1S/C17H18F17NO3/c1-2-3-4-5-6-7-8-35-9(36)10(18,13(22,23)24)37-17(33,34)12(21,15(28,29)30)38-16(31,32)11(19,20)14(25,26)27/h2-8H2,1H3,(H,35,36)/t10-,12+/m1/s1. The molecule has 0 saturated heterocycles. The predicted molar refractivity (Wildman–Crippen MR) is 89.2 cm³/mol. The first-order chi connectivity index (χ1) is 16.6. The van der Waals surface area contributed by atoms with Gasteiger partial charge in [-0.15, -0.1) is 0 Å². The maximum absolute atomic E-state index is 14.3. The van der Waals surface area contributed by atoms with E-state index in [4.69, 9.17) is 0 Å². The minimum absolute atomic E-state index is 0.139. The normalized spacial score (nSPS) is 17.6. The highest BCUT2D eigenvalue weighted by molar-refractivity contribution is 5.84. The van der Waals surface area contributed by atoms with Crippen LogP contribution in [0.1, 0.15) is 45.4 Å². The molecule has 2 atom stereocenters. The predicted octanol–water partition coefficient (Wildman–Crippen LogP) is 7.34. The van der Waals surface area contributed by atoms with Gasteiger partial charge in [-0.1, -0.05) is 39.0 Å². The topological polar surface area (TPSA) is 47.6 Å². The molecule has 1 amide bonds. The summed E-state index contributed by atoms with van der Waals surface area (Å²) >= 11 is 0. The van der Waals surface area contributed by atoms with Gasteiger partial charge in [0.15, 0.2) is 0 Å². The number of hydrogen-bond donors (Lipinski definition) is 1. The van der Waals surface area contributed by atoms with Crippen molar-refractivity contribution in [3.8, 4) is 0 Å². The number of amides is 1. The number of ether oxygens (including phenoxy) is 2. The number of hydrogen-bond acceptors (Lipinski definition) is 3. The van der Waals surface area contributed by atoms with Gasteiger partial charge in [0.1, 0.15) is 0 Å². The van der Waals surface area contributed by atoms with E-state index >= 15 is 0 Å². The van der Waals surface area contributed by atoms with Crippen molar-refractivity contribution in [2.24, 2.45) is 0 Å². The number of unbranched alkanes of at least 4 members (excludes halogenated alkanes) is 5. The van der Waals surface area contributed by atoms with Gasteiger partial charge < -0.3 is 5.32 Å². The summed E-state index contributed by atoms with van der Waals surface area (Å²) in [5.74, 6) is -25.9. The molecule has 0 aromatic heterocycles. The summed E-state index contributed by atoms with van der Waals surface area (Å²) in [7, 11) is 0. The molecule has 0 unspecified atom stereocenters. The first kappa shape index (κ1) is 36.2. The van der Waals surface area contributed by atoms with Crippen molar-refractivity contribution in [1.82, 2.24) is 5.32 Å². The Morgan fingerprint density at radius 3 is 1.42 bits per heavy atom. The van der Waals surface area contributed by atoms with E-state index in [0.717, 1.165) is 11.7 Å². The molecule has 0 aliphatic heterocycles. The lowest BCUT2D eigenvalue weighted by molar-refractivity contribution is -0.548. The summed E-state index contributed by atoms with van der Waals surface area (Å²) in [6, 6.07) is 0. The van der Waals surface area contributed by atoms with Gasteiger partial charge in [-0.25, -0.2) is 0 Å². The second kappa shape index (κ2) is 11.7. The molecule has 0 aromatic rings. The Bertz CT molecular complexity index is 779. The quantitative estimate of drug-likeness (QED) is 0.166. The molecule has 0 spiro atoms. The van der Waals surface area contributed by atoms with Crippen molar-refractivity contribution >= 4 is 5.91 Å². The van der Waals surface area contributed by atoms with Crippen LogP contribution in [0.4, 0.5) is 74.6 Å². The molecule has 0 heterocycles. The molecule has 1 N–H and O–H groups in total. The zero-order valence-corrected chi connectivity index (χ0v) is 18.6. The second-order valence-electron chi connectivity index (χ2n) is 7.52. The number of carbonyl (C=O) groups is 1. The molecule has 4 nitrogen and oxygen atoms in total. The van der Waals surface area contributed by atoms with Crippen LogP contribution in [0.3, 0.4) is 0 Å². The molecule has 0 fully saturated rings. The fraction of sp³-hybridized carbons (Fsp3) is 0.941. The van der Waals surface area contributed by atoms with Gasteiger partial charge in [-0.2, -0.15) is 74.6 Å². The van der Waals surface area contributed by atoms with Crippen LogP contribution < -0.4 is 5.32 Å². The van der Waals surface area contributed by atoms with E-state index in [9.17, 15) is 79.4 Å². The zero-order chi connectivity index (χ0) is 30.6. The van der Waals surface area contributed by atoms with Crippen LogP contribution in [0.15, 0.2) is 0 Å². The lowest BCUT2D eigenvalue weighted by Gasteiger charge is -2.40. The molecule has 38 heavy (non-hydrogen) atoms. The molecule has 0 rings (SSSR count). The van der Waals surface area contributed by atoms with E-state index in [-0.39, 0.29) is 12.8 Å². The monoisotopic (exact) mass is 607 g/mol. The smallest absolute Gasteiger partial charge is 0.351 e. The van der Waals surface area contributed by atoms with E-state index < -0.39 is 60.8 Å². The van der Waals surface area contributed by atoms with Crippen molar-refractivity contribution in [3.63, 3.8) is 0 Å². The van der Waals surface area contributed by atoms with Gasteiger partial charge >= 0.3 is 48.4 Å². The molecule has 0 aliphatic carbocycles. The average molecular weight is 607 g/mol. The van der Waals surface area contributed by atoms with Crippen LogP contribution in [0.2, 0.25) is 0 Å². The highest BCUT2D eigenvalue weighted by Gasteiger charge is 2.85. The number of alkyl halides is 17. The average Bonchev–Trinajstić information content (AvgIpc) is 2.69. The van der Waals surface area contributed by atoms with Crippen molar-refractivity contribution in [2.45, 2.75) is 93.8 Å². The Hall–Kier alpha value is -1.80. The summed E-state index contributed by atoms with van der Waals surface area (Å²) in [6.45, 7) is 0.834. The Balaban J connectivity index is 6.22. The van der Waals surface area contributed by atoms with Crippen molar-refractivity contribution in [2.75, 3.05) is 6.54 Å². The molecule has 0 radical (unpaired) electrons. The van der Waals surface area contributed by atoms with Crippen molar-refractivity contribution < 1.29 is 88.9 Å². The van der Waals surface area contributed by atoms with E-state index in [1.54, 1.807) is 6.92 Å². The summed E-state index contributed by atoms with van der Waals surface area (Å²) in [6.07, 6.45) is -36.0. The third-order valence-electron chi connectivity index (χ3n) is 4.47. The van der Waals surface area contributed by atoms with Gasteiger partial charge in [-0.05, 0) is 6.42 Å².